The van der Waals surface area contributed by atoms with E-state index < -0.39 is 0 Å². The third-order valence-electron chi connectivity index (χ3n) is 5.38. The third kappa shape index (κ3) is 4.84. The first-order valence-corrected chi connectivity index (χ1v) is 11.2. The summed E-state index contributed by atoms with van der Waals surface area (Å²) >= 11 is 1.39. The Bertz CT molecular complexity index is 1230. The van der Waals surface area contributed by atoms with Crippen LogP contribution in [0.5, 0.6) is 5.75 Å². The second-order valence-electron chi connectivity index (χ2n) is 7.50. The quantitative estimate of drug-likeness (QED) is 0.374. The Balaban J connectivity index is 1.55. The van der Waals surface area contributed by atoms with Crippen molar-refractivity contribution in [3.05, 3.63) is 87.7 Å². The molecule has 1 unspecified atom stereocenters. The molecule has 0 radical (unpaired) electrons. The van der Waals surface area contributed by atoms with E-state index in [4.69, 9.17) is 4.74 Å². The zero-order chi connectivity index (χ0) is 22.5. The topological polar surface area (TPSA) is 83.2 Å². The van der Waals surface area contributed by atoms with Crippen LogP contribution in [0.3, 0.4) is 0 Å². The van der Waals surface area contributed by atoms with Gasteiger partial charge in [-0.2, -0.15) is 0 Å². The minimum atomic E-state index is -0.123. The first kappa shape index (κ1) is 21.6. The Morgan fingerprint density at radius 2 is 1.81 bits per heavy atom. The van der Waals surface area contributed by atoms with E-state index in [1.807, 2.05) is 54.7 Å². The van der Waals surface area contributed by atoms with Crippen molar-refractivity contribution in [2.45, 2.75) is 19.4 Å². The standard InChI is InChI=1S/C25H25N3O3S/c1-16(29)26-13-19-11-12-24(32-19)25(30)28-14-21(17-7-9-18(31-2)10-8-17)22-15-27-23-6-4-3-5-20(22)23/h3-12,15,21,27H,13-14H2,1-2H3,(H,26,29)(H,28,30). The maximum Gasteiger partial charge on any atom is 0.261 e. The van der Waals surface area contributed by atoms with Crippen LogP contribution in [0.25, 0.3) is 10.9 Å². The predicted molar refractivity (Wildman–Crippen MR) is 127 cm³/mol. The molecule has 1 atom stereocenters. The Morgan fingerprint density at radius 1 is 1.03 bits per heavy atom. The molecule has 0 aliphatic rings. The van der Waals surface area contributed by atoms with Crippen molar-refractivity contribution in [3.8, 4) is 5.75 Å². The lowest BCUT2D eigenvalue weighted by Crippen LogP contribution is -2.28. The van der Waals surface area contributed by atoms with Gasteiger partial charge in [0.1, 0.15) is 5.75 Å². The van der Waals surface area contributed by atoms with Crippen LogP contribution in [0.4, 0.5) is 0 Å². The molecule has 0 saturated carbocycles. The van der Waals surface area contributed by atoms with Gasteiger partial charge in [-0.3, -0.25) is 9.59 Å². The van der Waals surface area contributed by atoms with Gasteiger partial charge in [0.05, 0.1) is 18.5 Å². The number of carbonyl (C=O) groups is 2. The monoisotopic (exact) mass is 447 g/mol. The highest BCUT2D eigenvalue weighted by Crippen LogP contribution is 2.31. The van der Waals surface area contributed by atoms with Crippen LogP contribution in [0.1, 0.15) is 38.5 Å². The number of hydrogen-bond acceptors (Lipinski definition) is 4. The molecule has 2 heterocycles. The Kier molecular flexibility index (Phi) is 6.56. The van der Waals surface area contributed by atoms with Crippen molar-refractivity contribution in [1.29, 1.82) is 0 Å². The second-order valence-corrected chi connectivity index (χ2v) is 8.67. The first-order chi connectivity index (χ1) is 15.5. The van der Waals surface area contributed by atoms with Crippen LogP contribution in [-0.4, -0.2) is 30.5 Å². The molecule has 0 saturated heterocycles. The highest BCUT2D eigenvalue weighted by molar-refractivity contribution is 7.14. The van der Waals surface area contributed by atoms with Crippen molar-refractivity contribution in [1.82, 2.24) is 15.6 Å². The highest BCUT2D eigenvalue weighted by atomic mass is 32.1. The van der Waals surface area contributed by atoms with Crippen LogP contribution in [0.2, 0.25) is 0 Å². The molecule has 4 aromatic rings. The van der Waals surface area contributed by atoms with Gasteiger partial charge in [0.2, 0.25) is 5.91 Å². The van der Waals surface area contributed by atoms with E-state index in [2.05, 4.69) is 21.7 Å². The predicted octanol–water partition coefficient (Wildman–Crippen LogP) is 4.44. The maximum absolute atomic E-state index is 12.8. The molecule has 2 amide bonds. The molecular weight excluding hydrogens is 422 g/mol. The van der Waals surface area contributed by atoms with E-state index in [-0.39, 0.29) is 17.7 Å². The van der Waals surface area contributed by atoms with Gasteiger partial charge >= 0.3 is 0 Å². The summed E-state index contributed by atoms with van der Waals surface area (Å²) in [6.45, 7) is 2.36. The fourth-order valence-electron chi connectivity index (χ4n) is 3.71. The summed E-state index contributed by atoms with van der Waals surface area (Å²) in [6.07, 6.45) is 2.02. The number of benzene rings is 2. The zero-order valence-corrected chi connectivity index (χ0v) is 18.8. The molecule has 3 N–H and O–H groups in total. The molecule has 2 aromatic heterocycles. The number of para-hydroxylation sites is 1. The van der Waals surface area contributed by atoms with Crippen molar-refractivity contribution < 1.29 is 14.3 Å². The molecular formula is C25H25N3O3S. The number of thiophene rings is 1. The molecule has 32 heavy (non-hydrogen) atoms. The summed E-state index contributed by atoms with van der Waals surface area (Å²) < 4.78 is 5.30. The molecule has 0 bridgehead atoms. The average Bonchev–Trinajstić information content (AvgIpc) is 3.46. The van der Waals surface area contributed by atoms with Crippen LogP contribution >= 0.6 is 11.3 Å². The van der Waals surface area contributed by atoms with Gasteiger partial charge in [-0.05, 0) is 41.5 Å². The smallest absolute Gasteiger partial charge is 0.261 e. The van der Waals surface area contributed by atoms with Gasteiger partial charge in [-0.1, -0.05) is 30.3 Å². The number of nitrogens with one attached hydrogen (secondary N) is 3. The molecule has 0 aliphatic carbocycles. The summed E-state index contributed by atoms with van der Waals surface area (Å²) in [6, 6.07) is 19.8. The minimum Gasteiger partial charge on any atom is -0.497 e. The highest BCUT2D eigenvalue weighted by Gasteiger charge is 2.20. The van der Waals surface area contributed by atoms with E-state index in [9.17, 15) is 9.59 Å². The molecule has 0 aliphatic heterocycles. The number of amides is 2. The molecule has 7 heteroatoms. The van der Waals surface area contributed by atoms with Crippen LogP contribution in [0.15, 0.2) is 66.9 Å². The number of aromatic nitrogens is 1. The van der Waals surface area contributed by atoms with Gasteiger partial charge in [-0.25, -0.2) is 0 Å². The SMILES string of the molecule is COc1ccc(C(CNC(=O)c2ccc(CNC(C)=O)s2)c2c[nH]c3ccccc23)cc1. The summed E-state index contributed by atoms with van der Waals surface area (Å²) in [4.78, 5) is 28.9. The largest absolute Gasteiger partial charge is 0.497 e. The number of H-pyrrole nitrogens is 1. The van der Waals surface area contributed by atoms with Crippen LogP contribution < -0.4 is 15.4 Å². The van der Waals surface area contributed by atoms with E-state index in [0.29, 0.717) is 18.0 Å². The fraction of sp³-hybridized carbons (Fsp3) is 0.200. The number of rotatable bonds is 8. The molecule has 6 nitrogen and oxygen atoms in total. The van der Waals surface area contributed by atoms with E-state index >= 15 is 0 Å². The molecule has 0 spiro atoms. The second kappa shape index (κ2) is 9.70. The van der Waals surface area contributed by atoms with Gasteiger partial charge in [0.15, 0.2) is 0 Å². The average molecular weight is 448 g/mol. The summed E-state index contributed by atoms with van der Waals surface area (Å²) in [7, 11) is 1.65. The van der Waals surface area contributed by atoms with E-state index in [0.717, 1.165) is 32.7 Å². The van der Waals surface area contributed by atoms with Gasteiger partial charge < -0.3 is 20.4 Å². The zero-order valence-electron chi connectivity index (χ0n) is 18.0. The van der Waals surface area contributed by atoms with Crippen molar-refractivity contribution >= 4 is 34.1 Å². The number of ether oxygens (including phenoxy) is 1. The number of hydrogen-bond donors (Lipinski definition) is 3. The van der Waals surface area contributed by atoms with Gasteiger partial charge in [-0.15, -0.1) is 11.3 Å². The number of aromatic amines is 1. The number of carbonyl (C=O) groups excluding carboxylic acids is 2. The summed E-state index contributed by atoms with van der Waals surface area (Å²) in [5.41, 5.74) is 3.28. The van der Waals surface area contributed by atoms with E-state index in [1.54, 1.807) is 13.2 Å². The Hall–Kier alpha value is -3.58. The number of methoxy groups -OCH3 is 1. The number of fused-ring (bicyclic) bond motifs is 1. The summed E-state index contributed by atoms with van der Waals surface area (Å²) in [5, 5.41) is 6.99. The van der Waals surface area contributed by atoms with Crippen molar-refractivity contribution in [3.63, 3.8) is 0 Å². The van der Waals surface area contributed by atoms with Gasteiger partial charge in [0, 0.05) is 41.4 Å². The Labute approximate surface area is 190 Å². The lowest BCUT2D eigenvalue weighted by molar-refractivity contribution is -0.119. The van der Waals surface area contributed by atoms with Crippen LogP contribution in [0, 0.1) is 0 Å². The molecule has 2 aromatic carbocycles. The van der Waals surface area contributed by atoms with Crippen LogP contribution in [-0.2, 0) is 11.3 Å². The Morgan fingerprint density at radius 3 is 2.56 bits per heavy atom. The summed E-state index contributed by atoms with van der Waals surface area (Å²) in [5.74, 6) is 0.549. The normalized spacial score (nSPS) is 11.8. The third-order valence-corrected chi connectivity index (χ3v) is 6.46. The maximum atomic E-state index is 12.8. The minimum absolute atomic E-state index is 0.0279. The molecule has 0 fully saturated rings. The lowest BCUT2D eigenvalue weighted by Gasteiger charge is -2.18. The van der Waals surface area contributed by atoms with Crippen molar-refractivity contribution in [2.75, 3.05) is 13.7 Å². The fourth-order valence-corrected chi connectivity index (χ4v) is 4.58. The first-order valence-electron chi connectivity index (χ1n) is 10.4. The lowest BCUT2D eigenvalue weighted by atomic mass is 9.90. The van der Waals surface area contributed by atoms with Gasteiger partial charge in [0.25, 0.3) is 5.91 Å². The van der Waals surface area contributed by atoms with Crippen molar-refractivity contribution in [2.24, 2.45) is 0 Å². The molecule has 4 rings (SSSR count). The molecule has 164 valence electrons. The van der Waals surface area contributed by atoms with E-state index in [1.165, 1.54) is 18.3 Å².